The van der Waals surface area contributed by atoms with Gasteiger partial charge in [0.2, 0.25) is 0 Å². The molecule has 0 aliphatic heterocycles. The summed E-state index contributed by atoms with van der Waals surface area (Å²) in [6, 6.07) is 10.5. The second-order valence-corrected chi connectivity index (χ2v) is 6.53. The van der Waals surface area contributed by atoms with E-state index in [1.165, 1.54) is 35.1 Å². The lowest BCUT2D eigenvalue weighted by atomic mass is 10.0. The van der Waals surface area contributed by atoms with Gasteiger partial charge in [-0.2, -0.15) is 13.2 Å². The summed E-state index contributed by atoms with van der Waals surface area (Å²) in [6.45, 7) is -0.644. The Balaban J connectivity index is 1.86. The van der Waals surface area contributed by atoms with Crippen LogP contribution in [0, 0.1) is 11.8 Å². The van der Waals surface area contributed by atoms with Crippen LogP contribution in [-0.4, -0.2) is 14.4 Å². The van der Waals surface area contributed by atoms with Crippen molar-refractivity contribution in [3.05, 3.63) is 83.4 Å². The van der Waals surface area contributed by atoms with Crippen LogP contribution in [-0.2, 0) is 12.9 Å². The van der Waals surface area contributed by atoms with E-state index in [1.807, 2.05) is 0 Å². The zero-order valence-electron chi connectivity index (χ0n) is 15.4. The van der Waals surface area contributed by atoms with Gasteiger partial charge in [-0.25, -0.2) is 14.4 Å². The largest absolute Gasteiger partial charge is 0.420 e. The van der Waals surface area contributed by atoms with E-state index >= 15 is 0 Å². The van der Waals surface area contributed by atoms with Crippen LogP contribution in [0.3, 0.4) is 0 Å². The fraction of sp³-hybridized carbons (Fsp3) is 0.0909. The van der Waals surface area contributed by atoms with Crippen LogP contribution in [0.25, 0.3) is 16.8 Å². The molecule has 4 rings (SSSR count). The van der Waals surface area contributed by atoms with E-state index in [-0.39, 0.29) is 11.3 Å². The number of anilines is 1. The molecule has 8 heteroatoms. The van der Waals surface area contributed by atoms with E-state index in [1.54, 1.807) is 24.3 Å². The van der Waals surface area contributed by atoms with Crippen molar-refractivity contribution >= 4 is 11.5 Å². The maximum Gasteiger partial charge on any atom is 0.420 e. The van der Waals surface area contributed by atoms with Gasteiger partial charge in [0, 0.05) is 18.0 Å². The molecule has 0 amide bonds. The molecular weight excluding hydrogens is 396 g/mol. The summed E-state index contributed by atoms with van der Waals surface area (Å²) >= 11 is 0. The Morgan fingerprint density at radius 1 is 0.933 bits per heavy atom. The van der Waals surface area contributed by atoms with Gasteiger partial charge in [0.1, 0.15) is 23.8 Å². The average molecular weight is 410 g/mol. The molecule has 3 heterocycles. The summed E-state index contributed by atoms with van der Waals surface area (Å²) in [7, 11) is 0. The quantitative estimate of drug-likeness (QED) is 0.379. The normalized spacial score (nSPS) is 11.3. The summed E-state index contributed by atoms with van der Waals surface area (Å²) in [5.74, 6) is 6.02. The highest BCUT2D eigenvalue weighted by Gasteiger charge is 2.34. The Morgan fingerprint density at radius 2 is 1.70 bits per heavy atom. The topological polar surface area (TPSA) is 56.2 Å². The number of halogens is 4. The van der Waals surface area contributed by atoms with E-state index in [9.17, 15) is 17.6 Å². The number of nitrogen functional groups attached to an aromatic ring is 1. The third kappa shape index (κ3) is 3.82. The molecule has 0 saturated heterocycles. The van der Waals surface area contributed by atoms with Crippen LogP contribution in [0.2, 0.25) is 0 Å². The van der Waals surface area contributed by atoms with E-state index in [0.29, 0.717) is 28.1 Å². The molecule has 4 aromatic rings. The standard InChI is InChI=1S/C22H14F4N4/c23-10-14-1-5-16(6-2-14)17-9-19(22(24,25)26)21-29-12-18(30(21)13-17)7-3-15-4-8-20(27)28-11-15/h1-2,4-6,8-9,11-13H,10H2,(H2,27,28). The van der Waals surface area contributed by atoms with E-state index in [4.69, 9.17) is 5.73 Å². The first-order chi connectivity index (χ1) is 14.3. The zero-order chi connectivity index (χ0) is 21.3. The number of alkyl halides is 4. The molecule has 0 spiro atoms. The van der Waals surface area contributed by atoms with Gasteiger partial charge in [-0.05, 0) is 40.8 Å². The van der Waals surface area contributed by atoms with Crippen LogP contribution < -0.4 is 5.73 Å². The first-order valence-electron chi connectivity index (χ1n) is 8.82. The molecule has 0 radical (unpaired) electrons. The number of imidazole rings is 1. The molecule has 3 aromatic heterocycles. The van der Waals surface area contributed by atoms with Gasteiger partial charge in [0.15, 0.2) is 0 Å². The van der Waals surface area contributed by atoms with Crippen molar-refractivity contribution in [2.45, 2.75) is 12.9 Å². The molecule has 1 aromatic carbocycles. The first kappa shape index (κ1) is 19.5. The van der Waals surface area contributed by atoms with Crippen LogP contribution in [0.5, 0.6) is 0 Å². The van der Waals surface area contributed by atoms with Crippen molar-refractivity contribution in [1.29, 1.82) is 0 Å². The molecule has 0 fully saturated rings. The van der Waals surface area contributed by atoms with Crippen molar-refractivity contribution in [2.24, 2.45) is 0 Å². The number of nitrogens with two attached hydrogens (primary N) is 1. The number of benzene rings is 1. The minimum Gasteiger partial charge on any atom is -0.384 e. The molecule has 0 aliphatic rings. The van der Waals surface area contributed by atoms with E-state index < -0.39 is 18.4 Å². The monoisotopic (exact) mass is 410 g/mol. The summed E-state index contributed by atoms with van der Waals surface area (Å²) < 4.78 is 55.1. The van der Waals surface area contributed by atoms with Crippen LogP contribution in [0.4, 0.5) is 23.4 Å². The SMILES string of the molecule is Nc1ccc(C#Cc2cnc3c(C(F)(F)F)cc(-c4ccc(CF)cc4)cn23)cn1. The van der Waals surface area contributed by atoms with Crippen LogP contribution in [0.15, 0.2) is 61.1 Å². The van der Waals surface area contributed by atoms with Gasteiger partial charge < -0.3 is 5.73 Å². The molecule has 150 valence electrons. The number of fused-ring (bicyclic) bond motifs is 1. The van der Waals surface area contributed by atoms with Crippen LogP contribution >= 0.6 is 0 Å². The van der Waals surface area contributed by atoms with Gasteiger partial charge in [-0.3, -0.25) is 4.40 Å². The number of pyridine rings is 2. The lowest BCUT2D eigenvalue weighted by Crippen LogP contribution is -2.09. The number of nitrogens with zero attached hydrogens (tertiary/aromatic N) is 3. The molecule has 0 bridgehead atoms. The molecule has 0 unspecified atom stereocenters. The number of hydrogen-bond acceptors (Lipinski definition) is 3. The van der Waals surface area contributed by atoms with Gasteiger partial charge in [-0.1, -0.05) is 30.2 Å². The summed E-state index contributed by atoms with van der Waals surface area (Å²) in [6.07, 6.45) is -0.302. The number of aromatic nitrogens is 3. The van der Waals surface area contributed by atoms with Gasteiger partial charge in [0.05, 0.1) is 11.8 Å². The van der Waals surface area contributed by atoms with Crippen molar-refractivity contribution in [3.63, 3.8) is 0 Å². The van der Waals surface area contributed by atoms with Crippen LogP contribution in [0.1, 0.15) is 22.4 Å². The fourth-order valence-corrected chi connectivity index (χ4v) is 2.95. The Labute approximate surface area is 169 Å². The second kappa shape index (κ2) is 7.52. The number of rotatable bonds is 2. The van der Waals surface area contributed by atoms with Crippen molar-refractivity contribution < 1.29 is 17.6 Å². The number of hydrogen-bond donors (Lipinski definition) is 1. The predicted octanol–water partition coefficient (Wildman–Crippen LogP) is 4.87. The average Bonchev–Trinajstić information content (AvgIpc) is 3.15. The van der Waals surface area contributed by atoms with Crippen molar-refractivity contribution in [1.82, 2.24) is 14.4 Å². The highest BCUT2D eigenvalue weighted by Crippen LogP contribution is 2.35. The summed E-state index contributed by atoms with van der Waals surface area (Å²) in [5, 5.41) is 0. The molecule has 2 N–H and O–H groups in total. The molecule has 30 heavy (non-hydrogen) atoms. The third-order valence-corrected chi connectivity index (χ3v) is 4.47. The zero-order valence-corrected chi connectivity index (χ0v) is 15.4. The Morgan fingerprint density at radius 3 is 2.33 bits per heavy atom. The van der Waals surface area contributed by atoms with Crippen molar-refractivity contribution in [2.75, 3.05) is 5.73 Å². The minimum atomic E-state index is -4.60. The summed E-state index contributed by atoms with van der Waals surface area (Å²) in [4.78, 5) is 7.86. The van der Waals surface area contributed by atoms with Gasteiger partial charge in [0.25, 0.3) is 0 Å². The van der Waals surface area contributed by atoms with E-state index in [0.717, 1.165) is 6.07 Å². The van der Waals surface area contributed by atoms with Gasteiger partial charge >= 0.3 is 6.18 Å². The Hall–Kier alpha value is -3.86. The maximum absolute atomic E-state index is 13.7. The Kier molecular flexibility index (Phi) is 4.88. The highest BCUT2D eigenvalue weighted by atomic mass is 19.4. The minimum absolute atomic E-state index is 0.244. The first-order valence-corrected chi connectivity index (χ1v) is 8.82. The predicted molar refractivity (Wildman–Crippen MR) is 105 cm³/mol. The lowest BCUT2D eigenvalue weighted by molar-refractivity contribution is -0.136. The second-order valence-electron chi connectivity index (χ2n) is 6.53. The molecule has 4 nitrogen and oxygen atoms in total. The molecule has 0 aliphatic carbocycles. The highest BCUT2D eigenvalue weighted by molar-refractivity contribution is 5.68. The Bertz CT molecular complexity index is 1260. The smallest absolute Gasteiger partial charge is 0.384 e. The molecule has 0 atom stereocenters. The molecular formula is C22H14F4N4. The summed E-state index contributed by atoms with van der Waals surface area (Å²) in [5.41, 5.74) is 6.55. The van der Waals surface area contributed by atoms with Crippen molar-refractivity contribution in [3.8, 4) is 23.0 Å². The lowest BCUT2D eigenvalue weighted by Gasteiger charge is -2.12. The molecule has 0 saturated carbocycles. The third-order valence-electron chi connectivity index (χ3n) is 4.47. The fourth-order valence-electron chi connectivity index (χ4n) is 2.95. The van der Waals surface area contributed by atoms with Gasteiger partial charge in [-0.15, -0.1) is 0 Å². The van der Waals surface area contributed by atoms with E-state index in [2.05, 4.69) is 21.8 Å². The maximum atomic E-state index is 13.7.